The molecule has 0 radical (unpaired) electrons. The van der Waals surface area contributed by atoms with Crippen molar-refractivity contribution < 1.29 is 23.5 Å². The Balaban J connectivity index is 1.24. The molecule has 0 saturated carbocycles. The molecular formula is C21H22FN3O4. The van der Waals surface area contributed by atoms with Crippen molar-refractivity contribution in [3.8, 4) is 11.5 Å². The van der Waals surface area contributed by atoms with Gasteiger partial charge in [-0.2, -0.15) is 0 Å². The van der Waals surface area contributed by atoms with Crippen LogP contribution in [-0.4, -0.2) is 61.1 Å². The van der Waals surface area contributed by atoms with Gasteiger partial charge in [0.15, 0.2) is 11.5 Å². The molecule has 0 unspecified atom stereocenters. The number of nitrogens with one attached hydrogen (secondary N) is 1. The van der Waals surface area contributed by atoms with Crippen LogP contribution in [0.1, 0.15) is 15.9 Å². The molecule has 2 aromatic rings. The van der Waals surface area contributed by atoms with Crippen molar-refractivity contribution in [2.24, 2.45) is 0 Å². The van der Waals surface area contributed by atoms with Crippen LogP contribution in [0.25, 0.3) is 0 Å². The van der Waals surface area contributed by atoms with Crippen LogP contribution in [-0.2, 0) is 11.3 Å². The van der Waals surface area contributed by atoms with Gasteiger partial charge in [-0.25, -0.2) is 4.39 Å². The average Bonchev–Trinajstić information content (AvgIpc) is 3.22. The van der Waals surface area contributed by atoms with Crippen LogP contribution in [0.4, 0.5) is 4.39 Å². The Labute approximate surface area is 168 Å². The standard InChI is InChI=1S/C21H22FN3O4/c22-17-4-2-1-3-16(17)13-24-7-9-25(10-8-24)20(26)12-23-21(27)15-5-6-18-19(11-15)29-14-28-18/h1-6,11H,7-10,12-14H2,(H,23,27). The number of hydrogen-bond donors (Lipinski definition) is 1. The second kappa shape index (κ2) is 8.48. The Hall–Kier alpha value is -3.13. The summed E-state index contributed by atoms with van der Waals surface area (Å²) in [5.41, 5.74) is 1.07. The Kier molecular flexibility index (Phi) is 5.62. The van der Waals surface area contributed by atoms with Crippen LogP contribution >= 0.6 is 0 Å². The van der Waals surface area contributed by atoms with Crippen molar-refractivity contribution in [2.45, 2.75) is 6.54 Å². The van der Waals surface area contributed by atoms with Gasteiger partial charge in [-0.1, -0.05) is 18.2 Å². The van der Waals surface area contributed by atoms with Gasteiger partial charge in [0.25, 0.3) is 5.91 Å². The highest BCUT2D eigenvalue weighted by Gasteiger charge is 2.22. The molecule has 152 valence electrons. The van der Waals surface area contributed by atoms with E-state index in [1.165, 1.54) is 6.07 Å². The van der Waals surface area contributed by atoms with Crippen LogP contribution in [0.15, 0.2) is 42.5 Å². The molecular weight excluding hydrogens is 377 g/mol. The average molecular weight is 399 g/mol. The molecule has 2 heterocycles. The van der Waals surface area contributed by atoms with E-state index >= 15 is 0 Å². The summed E-state index contributed by atoms with van der Waals surface area (Å²) in [6.45, 7) is 3.02. The molecule has 8 heteroatoms. The van der Waals surface area contributed by atoms with Gasteiger partial charge in [0.1, 0.15) is 5.82 Å². The summed E-state index contributed by atoms with van der Waals surface area (Å²) in [5.74, 6) is 0.442. The summed E-state index contributed by atoms with van der Waals surface area (Å²) in [5, 5.41) is 2.66. The maximum Gasteiger partial charge on any atom is 0.251 e. The molecule has 0 spiro atoms. The molecule has 7 nitrogen and oxygen atoms in total. The molecule has 29 heavy (non-hydrogen) atoms. The van der Waals surface area contributed by atoms with Gasteiger partial charge in [-0.3, -0.25) is 14.5 Å². The van der Waals surface area contributed by atoms with Gasteiger partial charge in [0, 0.05) is 43.9 Å². The van der Waals surface area contributed by atoms with Crippen molar-refractivity contribution in [2.75, 3.05) is 39.5 Å². The highest BCUT2D eigenvalue weighted by molar-refractivity contribution is 5.97. The van der Waals surface area contributed by atoms with Crippen molar-refractivity contribution in [1.82, 2.24) is 15.1 Å². The molecule has 2 amide bonds. The van der Waals surface area contributed by atoms with E-state index in [0.29, 0.717) is 55.3 Å². The maximum absolute atomic E-state index is 13.8. The van der Waals surface area contributed by atoms with Gasteiger partial charge >= 0.3 is 0 Å². The Bertz CT molecular complexity index is 913. The molecule has 0 bridgehead atoms. The lowest BCUT2D eigenvalue weighted by atomic mass is 10.2. The number of benzene rings is 2. The number of carbonyl (C=O) groups excluding carboxylic acids is 2. The zero-order valence-electron chi connectivity index (χ0n) is 15.9. The van der Waals surface area contributed by atoms with E-state index < -0.39 is 0 Å². The van der Waals surface area contributed by atoms with Crippen LogP contribution in [0, 0.1) is 5.82 Å². The fourth-order valence-electron chi connectivity index (χ4n) is 3.43. The van der Waals surface area contributed by atoms with Crippen LogP contribution < -0.4 is 14.8 Å². The number of fused-ring (bicyclic) bond motifs is 1. The minimum absolute atomic E-state index is 0.0689. The summed E-state index contributed by atoms with van der Waals surface area (Å²) in [6, 6.07) is 11.6. The maximum atomic E-state index is 13.8. The van der Waals surface area contributed by atoms with Crippen molar-refractivity contribution in [3.63, 3.8) is 0 Å². The highest BCUT2D eigenvalue weighted by atomic mass is 19.1. The van der Waals surface area contributed by atoms with Gasteiger partial charge in [-0.15, -0.1) is 0 Å². The van der Waals surface area contributed by atoms with E-state index in [4.69, 9.17) is 9.47 Å². The van der Waals surface area contributed by atoms with Crippen LogP contribution in [0.2, 0.25) is 0 Å². The third-order valence-corrected chi connectivity index (χ3v) is 5.11. The van der Waals surface area contributed by atoms with E-state index in [2.05, 4.69) is 10.2 Å². The molecule has 2 aliphatic rings. The molecule has 2 aliphatic heterocycles. The number of ether oxygens (including phenoxy) is 2. The third-order valence-electron chi connectivity index (χ3n) is 5.11. The predicted molar refractivity (Wildman–Crippen MR) is 103 cm³/mol. The minimum atomic E-state index is -0.338. The largest absolute Gasteiger partial charge is 0.454 e. The fraction of sp³-hybridized carbons (Fsp3) is 0.333. The lowest BCUT2D eigenvalue weighted by Gasteiger charge is -2.34. The number of hydrogen-bond acceptors (Lipinski definition) is 5. The predicted octanol–water partition coefficient (Wildman–Crippen LogP) is 1.63. The topological polar surface area (TPSA) is 71.1 Å². The first-order valence-corrected chi connectivity index (χ1v) is 9.51. The highest BCUT2D eigenvalue weighted by Crippen LogP contribution is 2.32. The van der Waals surface area contributed by atoms with Crippen LogP contribution in [0.3, 0.4) is 0 Å². The smallest absolute Gasteiger partial charge is 0.251 e. The lowest BCUT2D eigenvalue weighted by Crippen LogP contribution is -2.50. The Morgan fingerprint density at radius 3 is 2.55 bits per heavy atom. The van der Waals surface area contributed by atoms with E-state index in [1.54, 1.807) is 35.2 Å². The number of nitrogens with zero attached hydrogens (tertiary/aromatic N) is 2. The lowest BCUT2D eigenvalue weighted by molar-refractivity contribution is -0.131. The number of rotatable bonds is 5. The molecule has 1 fully saturated rings. The van der Waals surface area contributed by atoms with Gasteiger partial charge in [0.2, 0.25) is 12.7 Å². The number of halogens is 1. The quantitative estimate of drug-likeness (QED) is 0.828. The molecule has 1 saturated heterocycles. The Morgan fingerprint density at radius 1 is 1.00 bits per heavy atom. The van der Waals surface area contributed by atoms with E-state index in [-0.39, 0.29) is 31.0 Å². The second-order valence-corrected chi connectivity index (χ2v) is 7.00. The van der Waals surface area contributed by atoms with E-state index in [1.807, 2.05) is 6.07 Å². The summed E-state index contributed by atoms with van der Waals surface area (Å²) in [4.78, 5) is 28.6. The summed E-state index contributed by atoms with van der Waals surface area (Å²) in [7, 11) is 0. The van der Waals surface area contributed by atoms with Gasteiger partial charge in [-0.05, 0) is 24.3 Å². The molecule has 0 aromatic heterocycles. The minimum Gasteiger partial charge on any atom is -0.454 e. The second-order valence-electron chi connectivity index (χ2n) is 7.00. The summed E-state index contributed by atoms with van der Waals surface area (Å²) < 4.78 is 24.3. The first-order chi connectivity index (χ1) is 14.1. The summed E-state index contributed by atoms with van der Waals surface area (Å²) >= 11 is 0. The molecule has 4 rings (SSSR count). The molecule has 2 aromatic carbocycles. The van der Waals surface area contributed by atoms with Crippen molar-refractivity contribution in [3.05, 3.63) is 59.4 Å². The number of amides is 2. The monoisotopic (exact) mass is 399 g/mol. The van der Waals surface area contributed by atoms with Crippen molar-refractivity contribution >= 4 is 11.8 Å². The molecule has 0 aliphatic carbocycles. The third kappa shape index (κ3) is 4.48. The normalized spacial score (nSPS) is 16.0. The molecule has 0 atom stereocenters. The number of carbonyl (C=O) groups is 2. The Morgan fingerprint density at radius 2 is 1.76 bits per heavy atom. The van der Waals surface area contributed by atoms with E-state index in [0.717, 1.165) is 0 Å². The van der Waals surface area contributed by atoms with E-state index in [9.17, 15) is 14.0 Å². The fourth-order valence-corrected chi connectivity index (χ4v) is 3.43. The summed E-state index contributed by atoms with van der Waals surface area (Å²) in [6.07, 6.45) is 0. The van der Waals surface area contributed by atoms with Crippen molar-refractivity contribution in [1.29, 1.82) is 0 Å². The van der Waals surface area contributed by atoms with Gasteiger partial charge < -0.3 is 19.7 Å². The number of piperazine rings is 1. The first-order valence-electron chi connectivity index (χ1n) is 9.51. The molecule has 1 N–H and O–H groups in total. The first kappa shape index (κ1) is 19.2. The van der Waals surface area contributed by atoms with Gasteiger partial charge in [0.05, 0.1) is 6.54 Å². The zero-order valence-corrected chi connectivity index (χ0v) is 15.9. The van der Waals surface area contributed by atoms with Crippen LogP contribution in [0.5, 0.6) is 11.5 Å². The zero-order chi connectivity index (χ0) is 20.2. The SMILES string of the molecule is O=C(NCC(=O)N1CCN(Cc2ccccc2F)CC1)c1ccc2c(c1)OCO2.